The van der Waals surface area contributed by atoms with Crippen molar-refractivity contribution in [3.63, 3.8) is 0 Å². The van der Waals surface area contributed by atoms with E-state index in [1.165, 1.54) is 5.56 Å². The van der Waals surface area contributed by atoms with Crippen molar-refractivity contribution in [2.45, 2.75) is 154 Å². The van der Waals surface area contributed by atoms with Crippen molar-refractivity contribution in [1.82, 2.24) is 0 Å². The molecule has 0 spiro atoms. The first kappa shape index (κ1) is 39.7. The van der Waals surface area contributed by atoms with E-state index in [4.69, 9.17) is 0 Å². The second-order valence-corrected chi connectivity index (χ2v) is 57.6. The molecule has 43 heavy (non-hydrogen) atoms. The molecule has 0 saturated carbocycles. The van der Waals surface area contributed by atoms with Gasteiger partial charge < -0.3 is 0 Å². The molecule has 0 N–H and O–H groups in total. The molecule has 0 nitrogen and oxygen atoms in total. The van der Waals surface area contributed by atoms with Gasteiger partial charge in [0, 0.05) is 0 Å². The van der Waals surface area contributed by atoms with Gasteiger partial charge in [-0.1, -0.05) is 0 Å². The van der Waals surface area contributed by atoms with Crippen LogP contribution >= 0.6 is 0 Å². The van der Waals surface area contributed by atoms with Gasteiger partial charge in [0.15, 0.2) is 0 Å². The first-order valence-electron chi connectivity index (χ1n) is 16.9. The van der Waals surface area contributed by atoms with E-state index in [2.05, 4.69) is 163 Å². The van der Waals surface area contributed by atoms with Crippen LogP contribution < -0.4 is 7.16 Å². The molecule has 0 aliphatic rings. The van der Waals surface area contributed by atoms with Gasteiger partial charge >= 0.3 is 289 Å². The van der Waals surface area contributed by atoms with Crippen molar-refractivity contribution in [3.8, 4) is 0 Å². The van der Waals surface area contributed by atoms with Crippen LogP contribution in [0.3, 0.4) is 0 Å². The van der Waals surface area contributed by atoms with E-state index in [1.54, 1.807) is 20.3 Å². The van der Waals surface area contributed by atoms with Crippen molar-refractivity contribution in [2.75, 3.05) is 0 Å². The van der Waals surface area contributed by atoms with E-state index in [9.17, 15) is 0 Å². The summed E-state index contributed by atoms with van der Waals surface area (Å²) in [7, 11) is -8.96. The second-order valence-electron chi connectivity index (χ2n) is 20.5. The average Bonchev–Trinajstić information content (AvgIpc) is 2.65. The average molecular weight is 790 g/mol. The van der Waals surface area contributed by atoms with Crippen LogP contribution in [0, 0.1) is 20.8 Å². The Balaban J connectivity index is 3.36. The Morgan fingerprint density at radius 3 is 0.930 bits per heavy atom. The first-order valence-corrected chi connectivity index (χ1v) is 41.2. The molecular weight excluding hydrogens is 720 g/mol. The summed E-state index contributed by atoms with van der Waals surface area (Å²) in [6, 6.07) is 10.8. The Morgan fingerprint density at radius 1 is 0.395 bits per heavy atom. The Kier molecular flexibility index (Phi) is 12.2. The van der Waals surface area contributed by atoms with Crippen molar-refractivity contribution < 1.29 is 0 Å². The van der Waals surface area contributed by atoms with Crippen LogP contribution in [-0.2, 0) is 0 Å². The fourth-order valence-corrected chi connectivity index (χ4v) is 53.9. The molecule has 0 amide bonds. The quantitative estimate of drug-likeness (QED) is 0.199. The summed E-state index contributed by atoms with van der Waals surface area (Å²) in [4.78, 5) is 0. The normalized spacial score (nSPS) is 14.2. The van der Waals surface area contributed by atoms with Gasteiger partial charge in [-0.05, 0) is 0 Å². The third-order valence-corrected chi connectivity index (χ3v) is 42.5. The second kappa shape index (κ2) is 13.2. The zero-order chi connectivity index (χ0) is 33.9. The van der Waals surface area contributed by atoms with Crippen LogP contribution in [0.25, 0.3) is 0 Å². The molecule has 0 saturated heterocycles. The van der Waals surface area contributed by atoms with Crippen LogP contribution in [-0.4, -0.2) is 69.6 Å². The SMILES string of the molecule is Cc1cc(C)[c]([Sn+2][c]2c(C([Si](C)(C)C)[Si](C)(C)C)cc(C([Si](C)(C)C)[Si](C)(C)C)cc2C([Si](C)(C)C)[Si](C)(C)C)c(C)c1. The molecule has 7 heteroatoms. The number of hydrogen-bond donors (Lipinski definition) is 0. The van der Waals surface area contributed by atoms with Crippen LogP contribution in [0.1, 0.15) is 48.9 Å². The monoisotopic (exact) mass is 790 g/mol. The van der Waals surface area contributed by atoms with Crippen molar-refractivity contribution in [1.29, 1.82) is 0 Å². The molecule has 2 aromatic carbocycles. The summed E-state index contributed by atoms with van der Waals surface area (Å²) in [6.45, 7) is 55.5. The predicted octanol–water partition coefficient (Wildman–Crippen LogP) is 10.8. The van der Waals surface area contributed by atoms with E-state index in [1.807, 2.05) is 14.7 Å². The van der Waals surface area contributed by atoms with E-state index < -0.39 is 69.6 Å². The van der Waals surface area contributed by atoms with Gasteiger partial charge in [0.25, 0.3) is 0 Å². The molecule has 0 aliphatic heterocycles. The molecule has 2 aromatic rings. The van der Waals surface area contributed by atoms with Crippen molar-refractivity contribution in [3.05, 3.63) is 57.6 Å². The van der Waals surface area contributed by atoms with Crippen molar-refractivity contribution >= 4 is 76.7 Å². The predicted molar refractivity (Wildman–Crippen MR) is 220 cm³/mol. The van der Waals surface area contributed by atoms with E-state index in [0.29, 0.717) is 0 Å². The number of benzene rings is 2. The van der Waals surface area contributed by atoms with Crippen LogP contribution in [0.2, 0.25) is 118 Å². The molecule has 240 valence electrons. The van der Waals surface area contributed by atoms with Gasteiger partial charge in [0.05, 0.1) is 0 Å². The topological polar surface area (TPSA) is 0 Å². The maximum absolute atomic E-state index is 2.91. The molecule has 0 aliphatic carbocycles. The molecule has 0 aromatic heterocycles. The Bertz CT molecular complexity index is 1170. The molecule has 0 bridgehead atoms. The molecule has 0 atom stereocenters. The summed E-state index contributed by atoms with van der Waals surface area (Å²) in [5.74, 6) is 0. The van der Waals surface area contributed by atoms with E-state index >= 15 is 0 Å². The minimum atomic E-state index is -1.51. The number of aryl methyl sites for hydroxylation is 3. The Labute approximate surface area is 286 Å². The van der Waals surface area contributed by atoms with E-state index in [0.717, 1.165) is 15.5 Å². The number of hydrogen-bond acceptors (Lipinski definition) is 0. The summed E-state index contributed by atoms with van der Waals surface area (Å²) >= 11 is -1.08. The zero-order valence-electron chi connectivity index (χ0n) is 32.5. The van der Waals surface area contributed by atoms with Gasteiger partial charge in [-0.2, -0.15) is 0 Å². The Morgan fingerprint density at radius 2 is 0.674 bits per heavy atom. The van der Waals surface area contributed by atoms with Crippen LogP contribution in [0.4, 0.5) is 0 Å². The summed E-state index contributed by atoms with van der Waals surface area (Å²) in [5, 5.41) is 2.36. The summed E-state index contributed by atoms with van der Waals surface area (Å²) in [6.07, 6.45) is 0. The zero-order valence-corrected chi connectivity index (χ0v) is 41.4. The number of rotatable bonds is 11. The van der Waals surface area contributed by atoms with Gasteiger partial charge in [-0.3, -0.25) is 0 Å². The Hall–Kier alpha value is 0.540. The fourth-order valence-electron chi connectivity index (χ4n) is 9.74. The fraction of sp³-hybridized carbons (Fsp3) is 0.667. The molecule has 0 fully saturated rings. The van der Waals surface area contributed by atoms with Crippen molar-refractivity contribution in [2.24, 2.45) is 0 Å². The van der Waals surface area contributed by atoms with Crippen LogP contribution in [0.5, 0.6) is 0 Å². The summed E-state index contributed by atoms with van der Waals surface area (Å²) < 4.78 is 3.68. The third-order valence-electron chi connectivity index (χ3n) is 9.30. The molecular formula is C36H70Si6Sn+2. The first-order chi connectivity index (χ1) is 18.9. The molecule has 0 radical (unpaired) electrons. The van der Waals surface area contributed by atoms with Gasteiger partial charge in [0.2, 0.25) is 0 Å². The summed E-state index contributed by atoms with van der Waals surface area (Å²) in [5.41, 5.74) is 10.1. The van der Waals surface area contributed by atoms with E-state index in [-0.39, 0.29) is 0 Å². The maximum atomic E-state index is 2.91. The molecule has 0 unspecified atom stereocenters. The minimum absolute atomic E-state index is 0.785. The van der Waals surface area contributed by atoms with Crippen LogP contribution in [0.15, 0.2) is 24.3 Å². The third kappa shape index (κ3) is 9.78. The van der Waals surface area contributed by atoms with Gasteiger partial charge in [-0.25, -0.2) is 0 Å². The van der Waals surface area contributed by atoms with Gasteiger partial charge in [0.1, 0.15) is 0 Å². The molecule has 2 rings (SSSR count). The van der Waals surface area contributed by atoms with Gasteiger partial charge in [-0.15, -0.1) is 0 Å². The molecule has 0 heterocycles. The standard InChI is InChI=1S/C27H59Si6.C9H11.Sn/c1-28(2,3)25(29(4,5)6)22-19-23(26(30(7,8)9)31(10,11)12)21-24(20-22)27(32(13,14)15)33(16,17)18;1-7-4-8(2)6-9(3)5-7;/h19-20,25-27H,1-18H3;4-5H,1-3H3;/q;;+2.